The zero-order valence-electron chi connectivity index (χ0n) is 8.85. The summed E-state index contributed by atoms with van der Waals surface area (Å²) in [6.07, 6.45) is 0. The fraction of sp³-hybridized carbons (Fsp3) is 0.455. The van der Waals surface area contributed by atoms with E-state index in [4.69, 9.17) is 5.11 Å². The second kappa shape index (κ2) is 5.75. The van der Waals surface area contributed by atoms with Gasteiger partial charge in [-0.05, 0) is 0 Å². The molecule has 0 atom stereocenters. The maximum Gasteiger partial charge on any atom is 0.104 e. The van der Waals surface area contributed by atoms with Gasteiger partial charge >= 0.3 is 0 Å². The van der Waals surface area contributed by atoms with Gasteiger partial charge in [0.25, 0.3) is 0 Å². The molecule has 0 aliphatic heterocycles. The monoisotopic (exact) mass is 197 g/mol. The molecule has 3 heteroatoms. The molecule has 1 aromatic carbocycles. The second-order valence-corrected chi connectivity index (χ2v) is 4.03. The van der Waals surface area contributed by atoms with E-state index in [9.17, 15) is 0 Å². The molecular weight excluding hydrogens is 178 g/mol. The lowest BCUT2D eigenvalue weighted by Crippen LogP contribution is -2.40. The largest absolute Gasteiger partial charge is 0.870 e. The number of benzene rings is 1. The van der Waals surface area contributed by atoms with Gasteiger partial charge in [0.1, 0.15) is 13.1 Å². The minimum Gasteiger partial charge on any atom is -0.870 e. The van der Waals surface area contributed by atoms with E-state index in [1.807, 2.05) is 18.2 Å². The van der Waals surface area contributed by atoms with Gasteiger partial charge in [-0.2, -0.15) is 0 Å². The van der Waals surface area contributed by atoms with Gasteiger partial charge in [-0.1, -0.05) is 30.3 Å². The van der Waals surface area contributed by atoms with Crippen molar-refractivity contribution in [3.63, 3.8) is 0 Å². The Labute approximate surface area is 85.5 Å². The molecule has 0 saturated heterocycles. The first kappa shape index (κ1) is 13.1. The standard InChI is InChI=1S/C11H18NO.H2O/c1-12(2,8-9-13)10-11-6-4-3-5-7-11;/h3-7,13H,8-10H2,1-2H3;1H2/q+1;/p-1. The lowest BCUT2D eigenvalue weighted by atomic mass is 10.2. The Morgan fingerprint density at radius 2 is 1.71 bits per heavy atom. The van der Waals surface area contributed by atoms with Crippen molar-refractivity contribution in [3.8, 4) is 0 Å². The summed E-state index contributed by atoms with van der Waals surface area (Å²) < 4.78 is 0.834. The van der Waals surface area contributed by atoms with Gasteiger partial charge in [-0.3, -0.25) is 0 Å². The van der Waals surface area contributed by atoms with Crippen molar-refractivity contribution in [1.29, 1.82) is 0 Å². The molecule has 0 bridgehead atoms. The highest BCUT2D eigenvalue weighted by molar-refractivity contribution is 5.13. The van der Waals surface area contributed by atoms with Gasteiger partial charge in [0.15, 0.2) is 0 Å². The Kier molecular flexibility index (Phi) is 5.38. The van der Waals surface area contributed by atoms with Crippen molar-refractivity contribution >= 4 is 0 Å². The summed E-state index contributed by atoms with van der Waals surface area (Å²) >= 11 is 0. The van der Waals surface area contributed by atoms with Crippen molar-refractivity contribution < 1.29 is 15.1 Å². The number of aliphatic hydroxyl groups is 1. The van der Waals surface area contributed by atoms with Crippen LogP contribution >= 0.6 is 0 Å². The van der Waals surface area contributed by atoms with E-state index in [0.29, 0.717) is 0 Å². The molecule has 0 fully saturated rings. The molecule has 1 rings (SSSR count). The van der Waals surface area contributed by atoms with Crippen LogP contribution in [0, 0.1) is 0 Å². The zero-order chi connectivity index (χ0) is 9.73. The Hall–Kier alpha value is -0.900. The summed E-state index contributed by atoms with van der Waals surface area (Å²) in [4.78, 5) is 0. The first-order valence-electron chi connectivity index (χ1n) is 4.61. The number of hydrogen-bond acceptors (Lipinski definition) is 2. The molecule has 2 N–H and O–H groups in total. The van der Waals surface area contributed by atoms with Gasteiger partial charge < -0.3 is 15.1 Å². The normalized spacial score (nSPS) is 10.8. The number of nitrogens with zero attached hydrogens (tertiary/aromatic N) is 1. The molecule has 0 amide bonds. The average molecular weight is 197 g/mol. The van der Waals surface area contributed by atoms with Crippen LogP contribution in [0.5, 0.6) is 0 Å². The SMILES string of the molecule is C[N+](C)(CCO)Cc1ccccc1.[OH-]. The van der Waals surface area contributed by atoms with Crippen LogP contribution in [0.15, 0.2) is 30.3 Å². The van der Waals surface area contributed by atoms with Crippen LogP contribution in [0.4, 0.5) is 0 Å². The zero-order valence-corrected chi connectivity index (χ0v) is 8.85. The van der Waals surface area contributed by atoms with Crippen molar-refractivity contribution in [2.45, 2.75) is 6.54 Å². The highest BCUT2D eigenvalue weighted by Crippen LogP contribution is 2.07. The summed E-state index contributed by atoms with van der Waals surface area (Å²) in [5.74, 6) is 0. The van der Waals surface area contributed by atoms with Gasteiger partial charge in [-0.25, -0.2) is 0 Å². The molecule has 3 nitrogen and oxygen atoms in total. The smallest absolute Gasteiger partial charge is 0.104 e. The third-order valence-corrected chi connectivity index (χ3v) is 2.16. The number of likely N-dealkylation sites (N-methyl/N-ethyl adjacent to an activating group) is 1. The summed E-state index contributed by atoms with van der Waals surface area (Å²) in [5, 5.41) is 8.86. The third-order valence-electron chi connectivity index (χ3n) is 2.16. The Morgan fingerprint density at radius 1 is 1.14 bits per heavy atom. The number of aliphatic hydroxyl groups excluding tert-OH is 1. The predicted molar refractivity (Wildman–Crippen MR) is 56.1 cm³/mol. The van der Waals surface area contributed by atoms with Crippen molar-refractivity contribution in [3.05, 3.63) is 35.9 Å². The van der Waals surface area contributed by atoms with Gasteiger partial charge in [0, 0.05) is 5.56 Å². The van der Waals surface area contributed by atoms with Crippen LogP contribution in [-0.4, -0.2) is 42.3 Å². The van der Waals surface area contributed by atoms with Crippen LogP contribution in [-0.2, 0) is 6.54 Å². The van der Waals surface area contributed by atoms with Gasteiger partial charge in [0.2, 0.25) is 0 Å². The van der Waals surface area contributed by atoms with Gasteiger partial charge in [0.05, 0.1) is 20.7 Å². The predicted octanol–water partition coefficient (Wildman–Crippen LogP) is 1.08. The van der Waals surface area contributed by atoms with Crippen molar-refractivity contribution in [2.24, 2.45) is 0 Å². The van der Waals surface area contributed by atoms with E-state index < -0.39 is 0 Å². The lowest BCUT2D eigenvalue weighted by molar-refractivity contribution is -0.903. The topological polar surface area (TPSA) is 50.2 Å². The summed E-state index contributed by atoms with van der Waals surface area (Å²) in [5.41, 5.74) is 1.32. The highest BCUT2D eigenvalue weighted by Gasteiger charge is 2.13. The fourth-order valence-corrected chi connectivity index (χ4v) is 1.43. The van der Waals surface area contributed by atoms with Crippen LogP contribution in [0.3, 0.4) is 0 Å². The van der Waals surface area contributed by atoms with E-state index in [1.165, 1.54) is 5.56 Å². The molecule has 0 heterocycles. The van der Waals surface area contributed by atoms with E-state index in [2.05, 4.69) is 26.2 Å². The maximum atomic E-state index is 8.86. The lowest BCUT2D eigenvalue weighted by Gasteiger charge is -2.28. The molecule has 0 saturated carbocycles. The van der Waals surface area contributed by atoms with Crippen molar-refractivity contribution in [1.82, 2.24) is 0 Å². The van der Waals surface area contributed by atoms with Crippen LogP contribution < -0.4 is 0 Å². The molecule has 0 aliphatic rings. The van der Waals surface area contributed by atoms with Crippen molar-refractivity contribution in [2.75, 3.05) is 27.2 Å². The van der Waals surface area contributed by atoms with E-state index >= 15 is 0 Å². The summed E-state index contributed by atoms with van der Waals surface area (Å²) in [6.45, 7) is 2.02. The number of hydrogen-bond donors (Lipinski definition) is 1. The Balaban J connectivity index is 0.00000169. The number of quaternary nitrogens is 1. The van der Waals surface area contributed by atoms with Crippen LogP contribution in [0.1, 0.15) is 5.56 Å². The van der Waals surface area contributed by atoms with E-state index in [0.717, 1.165) is 17.6 Å². The Bertz CT molecular complexity index is 247. The van der Waals surface area contributed by atoms with E-state index in [-0.39, 0.29) is 12.1 Å². The highest BCUT2D eigenvalue weighted by atomic mass is 16.3. The first-order valence-corrected chi connectivity index (χ1v) is 4.61. The van der Waals surface area contributed by atoms with Crippen LogP contribution in [0.25, 0.3) is 0 Å². The summed E-state index contributed by atoms with van der Waals surface area (Å²) in [6, 6.07) is 10.4. The van der Waals surface area contributed by atoms with Gasteiger partial charge in [-0.15, -0.1) is 0 Å². The second-order valence-electron chi connectivity index (χ2n) is 4.03. The minimum atomic E-state index is 0. The van der Waals surface area contributed by atoms with E-state index in [1.54, 1.807) is 0 Å². The Morgan fingerprint density at radius 3 is 2.21 bits per heavy atom. The molecule has 0 unspecified atom stereocenters. The minimum absolute atomic E-state index is 0. The maximum absolute atomic E-state index is 8.86. The molecule has 0 spiro atoms. The summed E-state index contributed by atoms with van der Waals surface area (Å²) in [7, 11) is 4.26. The first-order chi connectivity index (χ1) is 6.14. The molecular formula is C11H19NO2. The average Bonchev–Trinajstić information content (AvgIpc) is 2.04. The third kappa shape index (κ3) is 4.37. The molecule has 0 radical (unpaired) electrons. The molecule has 80 valence electrons. The fourth-order valence-electron chi connectivity index (χ4n) is 1.43. The quantitative estimate of drug-likeness (QED) is 0.734. The molecule has 14 heavy (non-hydrogen) atoms. The van der Waals surface area contributed by atoms with Crippen LogP contribution in [0.2, 0.25) is 0 Å². The number of rotatable bonds is 4. The molecule has 0 aromatic heterocycles. The molecule has 0 aliphatic carbocycles. The molecule has 1 aromatic rings.